The predicted molar refractivity (Wildman–Crippen MR) is 111 cm³/mol. The van der Waals surface area contributed by atoms with E-state index in [9.17, 15) is 18.3 Å². The molecule has 1 amide bonds. The minimum Gasteiger partial charge on any atom is -0.393 e. The quantitative estimate of drug-likeness (QED) is 0.783. The molecule has 4 rings (SSSR count). The summed E-state index contributed by atoms with van der Waals surface area (Å²) in [6.45, 7) is 3.07. The molecular formula is C21H29ClN2O4S. The lowest BCUT2D eigenvalue weighted by Crippen LogP contribution is -2.51. The smallest absolute Gasteiger partial charge is 0.243 e. The van der Waals surface area contributed by atoms with Gasteiger partial charge in [-0.15, -0.1) is 0 Å². The standard InChI is InChI=1S/C21H29ClN2O4S/c1-15-18(22)4-2-5-19(15)29(27,28)23-12-3-10-21(14-23)11-13-24(20(21)26)16-6-8-17(25)9-7-16/h2,4-5,16-17,25H,3,6-14H2,1H3. The molecule has 2 aliphatic heterocycles. The lowest BCUT2D eigenvalue weighted by atomic mass is 9.79. The maximum Gasteiger partial charge on any atom is 0.243 e. The Hall–Kier alpha value is -1.15. The van der Waals surface area contributed by atoms with Crippen molar-refractivity contribution in [2.24, 2.45) is 5.41 Å². The molecule has 6 nitrogen and oxygen atoms in total. The zero-order chi connectivity index (χ0) is 20.8. The van der Waals surface area contributed by atoms with Gasteiger partial charge in [-0.3, -0.25) is 4.79 Å². The van der Waals surface area contributed by atoms with Gasteiger partial charge < -0.3 is 10.0 Å². The molecule has 1 N–H and O–H groups in total. The van der Waals surface area contributed by atoms with Crippen LogP contribution in [-0.2, 0) is 14.8 Å². The molecule has 0 bridgehead atoms. The minimum atomic E-state index is -3.71. The van der Waals surface area contributed by atoms with E-state index in [0.29, 0.717) is 36.5 Å². The van der Waals surface area contributed by atoms with E-state index in [2.05, 4.69) is 0 Å². The summed E-state index contributed by atoms with van der Waals surface area (Å²) < 4.78 is 28.2. The van der Waals surface area contributed by atoms with Crippen molar-refractivity contribution >= 4 is 27.5 Å². The van der Waals surface area contributed by atoms with E-state index < -0.39 is 15.4 Å². The summed E-state index contributed by atoms with van der Waals surface area (Å²) in [4.78, 5) is 15.6. The molecule has 3 fully saturated rings. The van der Waals surface area contributed by atoms with Gasteiger partial charge in [-0.1, -0.05) is 17.7 Å². The van der Waals surface area contributed by atoms with Gasteiger partial charge in [-0.05, 0) is 69.6 Å². The third kappa shape index (κ3) is 3.71. The molecule has 1 aliphatic carbocycles. The van der Waals surface area contributed by atoms with Gasteiger partial charge in [0.15, 0.2) is 0 Å². The fourth-order valence-corrected chi connectivity index (χ4v) is 7.29. The number of rotatable bonds is 3. The first-order valence-corrected chi connectivity index (χ1v) is 12.3. The Morgan fingerprint density at radius 2 is 1.86 bits per heavy atom. The Bertz CT molecular complexity index is 898. The summed E-state index contributed by atoms with van der Waals surface area (Å²) in [6.07, 6.45) is 4.98. The number of aliphatic hydroxyl groups is 1. The van der Waals surface area contributed by atoms with Crippen molar-refractivity contribution in [3.63, 3.8) is 0 Å². The first-order chi connectivity index (χ1) is 13.7. The second-order valence-corrected chi connectivity index (χ2v) is 11.1. The molecule has 0 radical (unpaired) electrons. The third-order valence-corrected chi connectivity index (χ3v) is 9.43. The fourth-order valence-electron chi connectivity index (χ4n) is 5.25. The van der Waals surface area contributed by atoms with E-state index in [1.165, 1.54) is 4.31 Å². The Balaban J connectivity index is 1.55. The van der Waals surface area contributed by atoms with Gasteiger partial charge >= 0.3 is 0 Å². The molecule has 2 heterocycles. The number of hydrogen-bond acceptors (Lipinski definition) is 4. The molecule has 3 aliphatic rings. The SMILES string of the molecule is Cc1c(Cl)cccc1S(=O)(=O)N1CCCC2(CCN(C3CCC(O)CC3)C2=O)C1. The van der Waals surface area contributed by atoms with Crippen LogP contribution in [0.3, 0.4) is 0 Å². The molecule has 2 saturated heterocycles. The number of amides is 1. The Labute approximate surface area is 177 Å². The summed E-state index contributed by atoms with van der Waals surface area (Å²) in [7, 11) is -3.71. The number of benzene rings is 1. The van der Waals surface area contributed by atoms with Crippen LogP contribution in [0.4, 0.5) is 0 Å². The Kier molecular flexibility index (Phi) is 5.70. The van der Waals surface area contributed by atoms with Crippen LogP contribution in [0.2, 0.25) is 5.02 Å². The molecule has 1 aromatic carbocycles. The second-order valence-electron chi connectivity index (χ2n) is 8.80. The lowest BCUT2D eigenvalue weighted by Gasteiger charge is -2.40. The monoisotopic (exact) mass is 440 g/mol. The van der Waals surface area contributed by atoms with Gasteiger partial charge in [0.1, 0.15) is 0 Å². The molecule has 29 heavy (non-hydrogen) atoms. The van der Waals surface area contributed by atoms with Crippen LogP contribution in [0, 0.1) is 12.3 Å². The number of aliphatic hydroxyl groups excluding tert-OH is 1. The van der Waals surface area contributed by atoms with Gasteiger partial charge in [0.05, 0.1) is 16.4 Å². The van der Waals surface area contributed by atoms with E-state index in [4.69, 9.17) is 11.6 Å². The van der Waals surface area contributed by atoms with Crippen molar-refractivity contribution in [1.29, 1.82) is 0 Å². The van der Waals surface area contributed by atoms with E-state index in [1.807, 2.05) is 4.90 Å². The highest BCUT2D eigenvalue weighted by Gasteiger charge is 2.52. The molecule has 1 unspecified atom stereocenters. The van der Waals surface area contributed by atoms with Gasteiger partial charge in [-0.2, -0.15) is 4.31 Å². The highest BCUT2D eigenvalue weighted by Crippen LogP contribution is 2.44. The highest BCUT2D eigenvalue weighted by atomic mass is 35.5. The number of carbonyl (C=O) groups is 1. The van der Waals surface area contributed by atoms with Crippen molar-refractivity contribution in [2.45, 2.75) is 68.9 Å². The zero-order valence-corrected chi connectivity index (χ0v) is 18.4. The number of hydrogen-bond donors (Lipinski definition) is 1. The van der Waals surface area contributed by atoms with Crippen LogP contribution in [0.25, 0.3) is 0 Å². The highest BCUT2D eigenvalue weighted by molar-refractivity contribution is 7.89. The first kappa shape index (κ1) is 21.1. The van der Waals surface area contributed by atoms with Crippen LogP contribution in [0.1, 0.15) is 50.5 Å². The normalized spacial score (nSPS) is 31.6. The molecule has 1 atom stereocenters. The predicted octanol–water partition coefficient (Wildman–Crippen LogP) is 2.96. The summed E-state index contributed by atoms with van der Waals surface area (Å²) in [5.41, 5.74) is -0.0673. The molecule has 1 aromatic rings. The maximum atomic E-state index is 13.4. The van der Waals surface area contributed by atoms with Crippen LogP contribution in [0.15, 0.2) is 23.1 Å². The lowest BCUT2D eigenvalue weighted by molar-refractivity contribution is -0.140. The van der Waals surface area contributed by atoms with Crippen LogP contribution in [0.5, 0.6) is 0 Å². The number of halogens is 1. The fraction of sp³-hybridized carbons (Fsp3) is 0.667. The van der Waals surface area contributed by atoms with Crippen molar-refractivity contribution in [3.05, 3.63) is 28.8 Å². The van der Waals surface area contributed by atoms with Crippen molar-refractivity contribution in [3.8, 4) is 0 Å². The number of piperidine rings is 1. The van der Waals surface area contributed by atoms with Gasteiger partial charge in [0.25, 0.3) is 0 Å². The summed E-state index contributed by atoms with van der Waals surface area (Å²) in [6, 6.07) is 5.11. The Morgan fingerprint density at radius 1 is 1.14 bits per heavy atom. The van der Waals surface area contributed by atoms with E-state index >= 15 is 0 Å². The van der Waals surface area contributed by atoms with E-state index in [1.54, 1.807) is 25.1 Å². The van der Waals surface area contributed by atoms with Gasteiger partial charge in [0.2, 0.25) is 15.9 Å². The number of carbonyl (C=O) groups excluding carboxylic acids is 1. The second kappa shape index (κ2) is 7.84. The largest absolute Gasteiger partial charge is 0.393 e. The molecule has 0 aromatic heterocycles. The van der Waals surface area contributed by atoms with Gasteiger partial charge in [0, 0.05) is 30.7 Å². The minimum absolute atomic E-state index is 0.0987. The zero-order valence-electron chi connectivity index (χ0n) is 16.8. The van der Waals surface area contributed by atoms with Crippen LogP contribution < -0.4 is 0 Å². The summed E-state index contributed by atoms with van der Waals surface area (Å²) >= 11 is 6.16. The van der Waals surface area contributed by atoms with Gasteiger partial charge in [-0.25, -0.2) is 8.42 Å². The number of sulfonamides is 1. The molecular weight excluding hydrogens is 412 g/mol. The average Bonchev–Trinajstić information content (AvgIpc) is 3.00. The molecule has 1 saturated carbocycles. The molecule has 160 valence electrons. The van der Waals surface area contributed by atoms with E-state index in [-0.39, 0.29) is 29.5 Å². The maximum absolute atomic E-state index is 13.4. The summed E-state index contributed by atoms with van der Waals surface area (Å²) in [5, 5.41) is 10.2. The number of nitrogens with zero attached hydrogens (tertiary/aromatic N) is 2. The molecule has 1 spiro atoms. The average molecular weight is 441 g/mol. The topological polar surface area (TPSA) is 77.9 Å². The molecule has 8 heteroatoms. The van der Waals surface area contributed by atoms with Crippen molar-refractivity contribution in [1.82, 2.24) is 9.21 Å². The van der Waals surface area contributed by atoms with Crippen molar-refractivity contribution < 1.29 is 18.3 Å². The van der Waals surface area contributed by atoms with Crippen LogP contribution >= 0.6 is 11.6 Å². The Morgan fingerprint density at radius 3 is 2.59 bits per heavy atom. The first-order valence-electron chi connectivity index (χ1n) is 10.5. The van der Waals surface area contributed by atoms with Crippen LogP contribution in [-0.4, -0.2) is 60.4 Å². The van der Waals surface area contributed by atoms with E-state index in [0.717, 1.165) is 32.1 Å². The third-order valence-electron chi connectivity index (χ3n) is 7.03. The number of likely N-dealkylation sites (tertiary alicyclic amines) is 1. The summed E-state index contributed by atoms with van der Waals surface area (Å²) in [5.74, 6) is 0.0987. The van der Waals surface area contributed by atoms with Crippen molar-refractivity contribution in [2.75, 3.05) is 19.6 Å².